The first-order valence-electron chi connectivity index (χ1n) is 7.62. The fourth-order valence-electron chi connectivity index (χ4n) is 2.35. The van der Waals surface area contributed by atoms with Crippen molar-refractivity contribution < 1.29 is 4.79 Å². The Morgan fingerprint density at radius 1 is 1.29 bits per heavy atom. The second-order valence-corrected chi connectivity index (χ2v) is 5.43. The average Bonchev–Trinajstić information content (AvgIpc) is 2.96. The normalized spacial score (nSPS) is 10.6. The summed E-state index contributed by atoms with van der Waals surface area (Å²) >= 11 is 0. The van der Waals surface area contributed by atoms with Crippen LogP contribution in [0.2, 0.25) is 0 Å². The molecule has 3 rings (SSSR count). The van der Waals surface area contributed by atoms with Crippen molar-refractivity contribution >= 4 is 23.4 Å². The molecule has 0 aromatic carbocycles. The third kappa shape index (κ3) is 3.12. The third-order valence-corrected chi connectivity index (χ3v) is 3.43. The molecule has 2 amide bonds. The summed E-state index contributed by atoms with van der Waals surface area (Å²) in [4.78, 5) is 22.2. The van der Waals surface area contributed by atoms with Gasteiger partial charge < -0.3 is 10.2 Å². The van der Waals surface area contributed by atoms with E-state index >= 15 is 0 Å². The highest BCUT2D eigenvalue weighted by atomic mass is 16.2. The SMILES string of the molecule is CCNC(=O)Nc1nc2cc(-c3cccnc3)cc(N(C)C)n2n1. The number of fused-ring (bicyclic) bond motifs is 1. The van der Waals surface area contributed by atoms with E-state index in [0.717, 1.165) is 16.9 Å². The zero-order valence-corrected chi connectivity index (χ0v) is 13.8. The molecule has 124 valence electrons. The Morgan fingerprint density at radius 2 is 2.12 bits per heavy atom. The number of rotatable bonds is 4. The molecule has 0 bridgehead atoms. The number of aromatic nitrogens is 4. The number of nitrogens with zero attached hydrogens (tertiary/aromatic N) is 5. The van der Waals surface area contributed by atoms with Crippen molar-refractivity contribution in [2.45, 2.75) is 6.92 Å². The molecule has 0 fully saturated rings. The molecule has 3 aromatic heterocycles. The van der Waals surface area contributed by atoms with Crippen molar-refractivity contribution in [2.24, 2.45) is 0 Å². The van der Waals surface area contributed by atoms with Crippen LogP contribution in [-0.2, 0) is 0 Å². The van der Waals surface area contributed by atoms with Gasteiger partial charge in [-0.05, 0) is 30.7 Å². The van der Waals surface area contributed by atoms with Crippen LogP contribution in [-0.4, -0.2) is 46.3 Å². The fourth-order valence-corrected chi connectivity index (χ4v) is 2.35. The lowest BCUT2D eigenvalue weighted by Crippen LogP contribution is -2.28. The van der Waals surface area contributed by atoms with E-state index in [9.17, 15) is 4.79 Å². The minimum absolute atomic E-state index is 0.257. The Kier molecular flexibility index (Phi) is 4.28. The topological polar surface area (TPSA) is 87.4 Å². The van der Waals surface area contributed by atoms with Crippen molar-refractivity contribution in [1.29, 1.82) is 0 Å². The van der Waals surface area contributed by atoms with E-state index < -0.39 is 0 Å². The number of nitrogens with one attached hydrogen (secondary N) is 2. The van der Waals surface area contributed by atoms with E-state index in [2.05, 4.69) is 25.7 Å². The van der Waals surface area contributed by atoms with E-state index in [-0.39, 0.29) is 12.0 Å². The molecule has 0 radical (unpaired) electrons. The molecule has 0 saturated carbocycles. The first-order chi connectivity index (χ1) is 11.6. The molecule has 8 nitrogen and oxygen atoms in total. The Morgan fingerprint density at radius 3 is 2.79 bits per heavy atom. The van der Waals surface area contributed by atoms with Crippen molar-refractivity contribution in [3.05, 3.63) is 36.7 Å². The van der Waals surface area contributed by atoms with Crippen LogP contribution in [0.25, 0.3) is 16.8 Å². The molecule has 3 heterocycles. The highest BCUT2D eigenvalue weighted by Gasteiger charge is 2.13. The van der Waals surface area contributed by atoms with Crippen molar-refractivity contribution in [3.63, 3.8) is 0 Å². The van der Waals surface area contributed by atoms with Crippen LogP contribution in [0.4, 0.5) is 16.6 Å². The van der Waals surface area contributed by atoms with Gasteiger partial charge >= 0.3 is 6.03 Å². The minimum Gasteiger partial charge on any atom is -0.363 e. The standard InChI is InChI=1S/C16H19N7O/c1-4-18-16(24)20-15-19-13-8-12(11-6-5-7-17-10-11)9-14(22(2)3)23(13)21-15/h5-10H,4H2,1-3H3,(H2,18,20,21,24). The van der Waals surface area contributed by atoms with Gasteiger partial charge in [-0.25, -0.2) is 4.79 Å². The van der Waals surface area contributed by atoms with E-state index in [1.165, 1.54) is 0 Å². The molecular weight excluding hydrogens is 306 g/mol. The van der Waals surface area contributed by atoms with Crippen LogP contribution in [0.3, 0.4) is 0 Å². The first kappa shape index (κ1) is 15.7. The second-order valence-electron chi connectivity index (χ2n) is 5.43. The maximum absolute atomic E-state index is 11.7. The molecule has 24 heavy (non-hydrogen) atoms. The van der Waals surface area contributed by atoms with Gasteiger partial charge in [-0.2, -0.15) is 9.50 Å². The first-order valence-corrected chi connectivity index (χ1v) is 7.62. The molecule has 0 spiro atoms. The van der Waals surface area contributed by atoms with Crippen LogP contribution in [0.1, 0.15) is 6.92 Å². The van der Waals surface area contributed by atoms with E-state index in [4.69, 9.17) is 0 Å². The van der Waals surface area contributed by atoms with Crippen LogP contribution in [0.5, 0.6) is 0 Å². The minimum atomic E-state index is -0.327. The number of hydrogen-bond acceptors (Lipinski definition) is 5. The Balaban J connectivity index is 2.07. The predicted octanol–water partition coefficient (Wildman–Crippen LogP) is 2.00. The van der Waals surface area contributed by atoms with Gasteiger partial charge in [0.2, 0.25) is 0 Å². The molecule has 2 N–H and O–H groups in total. The molecule has 0 aliphatic carbocycles. The summed E-state index contributed by atoms with van der Waals surface area (Å²) in [5, 5.41) is 9.66. The lowest BCUT2D eigenvalue weighted by atomic mass is 10.1. The number of pyridine rings is 2. The smallest absolute Gasteiger partial charge is 0.321 e. The maximum atomic E-state index is 11.7. The summed E-state index contributed by atoms with van der Waals surface area (Å²) < 4.78 is 1.70. The second kappa shape index (κ2) is 6.53. The van der Waals surface area contributed by atoms with Crippen molar-refractivity contribution in [2.75, 3.05) is 30.9 Å². The monoisotopic (exact) mass is 325 g/mol. The lowest BCUT2D eigenvalue weighted by Gasteiger charge is -2.15. The molecule has 8 heteroatoms. The van der Waals surface area contributed by atoms with Gasteiger partial charge in [-0.3, -0.25) is 10.3 Å². The predicted molar refractivity (Wildman–Crippen MR) is 93.2 cm³/mol. The van der Waals surface area contributed by atoms with Gasteiger partial charge in [-0.15, -0.1) is 5.10 Å². The number of carbonyl (C=O) groups is 1. The zero-order chi connectivity index (χ0) is 17.1. The number of urea groups is 1. The summed E-state index contributed by atoms with van der Waals surface area (Å²) in [5.41, 5.74) is 2.62. The van der Waals surface area contributed by atoms with E-state index in [1.54, 1.807) is 16.9 Å². The van der Waals surface area contributed by atoms with Gasteiger partial charge in [0.1, 0.15) is 5.82 Å². The van der Waals surface area contributed by atoms with Gasteiger partial charge in [0.05, 0.1) is 0 Å². The fraction of sp³-hybridized carbons (Fsp3) is 0.250. The van der Waals surface area contributed by atoms with E-state index in [1.807, 2.05) is 50.2 Å². The summed E-state index contributed by atoms with van der Waals surface area (Å²) in [5.74, 6) is 1.11. The number of carbonyl (C=O) groups excluding carboxylic acids is 1. The Hall–Kier alpha value is -3.16. The van der Waals surface area contributed by atoms with Crippen molar-refractivity contribution in [1.82, 2.24) is 24.9 Å². The largest absolute Gasteiger partial charge is 0.363 e. The van der Waals surface area contributed by atoms with Crippen LogP contribution in [0, 0.1) is 0 Å². The highest BCUT2D eigenvalue weighted by Crippen LogP contribution is 2.25. The van der Waals surface area contributed by atoms with Gasteiger partial charge in [0.25, 0.3) is 5.95 Å². The number of anilines is 2. The number of hydrogen-bond donors (Lipinski definition) is 2. The van der Waals surface area contributed by atoms with Gasteiger partial charge in [-0.1, -0.05) is 6.07 Å². The van der Waals surface area contributed by atoms with Gasteiger partial charge in [0, 0.05) is 38.6 Å². The van der Waals surface area contributed by atoms with Crippen LogP contribution in [0.15, 0.2) is 36.7 Å². The van der Waals surface area contributed by atoms with Crippen LogP contribution >= 0.6 is 0 Å². The molecule has 0 aliphatic heterocycles. The summed E-state index contributed by atoms with van der Waals surface area (Å²) in [7, 11) is 3.86. The van der Waals surface area contributed by atoms with Crippen molar-refractivity contribution in [3.8, 4) is 11.1 Å². The molecule has 0 unspecified atom stereocenters. The van der Waals surface area contributed by atoms with Gasteiger partial charge in [0.15, 0.2) is 5.65 Å². The molecule has 0 aliphatic rings. The maximum Gasteiger partial charge on any atom is 0.321 e. The summed E-state index contributed by atoms with van der Waals surface area (Å²) in [6, 6.07) is 7.48. The summed E-state index contributed by atoms with van der Waals surface area (Å²) in [6.45, 7) is 2.38. The highest BCUT2D eigenvalue weighted by molar-refractivity contribution is 5.87. The third-order valence-electron chi connectivity index (χ3n) is 3.43. The lowest BCUT2D eigenvalue weighted by molar-refractivity contribution is 0.252. The molecule has 0 atom stereocenters. The molecule has 3 aromatic rings. The Labute approximate surface area is 139 Å². The molecule has 0 saturated heterocycles. The quantitative estimate of drug-likeness (QED) is 0.766. The zero-order valence-electron chi connectivity index (χ0n) is 13.8. The Bertz CT molecular complexity index is 857. The van der Waals surface area contributed by atoms with Crippen LogP contribution < -0.4 is 15.5 Å². The molecular formula is C16H19N7O. The average molecular weight is 325 g/mol. The summed E-state index contributed by atoms with van der Waals surface area (Å²) in [6.07, 6.45) is 3.54. The number of amides is 2. The van der Waals surface area contributed by atoms with E-state index in [0.29, 0.717) is 12.2 Å².